The molecule has 0 radical (unpaired) electrons. The predicted octanol–water partition coefficient (Wildman–Crippen LogP) is 2.21. The van der Waals surface area contributed by atoms with Crippen LogP contribution in [0.2, 0.25) is 0 Å². The van der Waals surface area contributed by atoms with Crippen molar-refractivity contribution < 1.29 is 13.3 Å². The van der Waals surface area contributed by atoms with E-state index >= 15 is 0 Å². The van der Waals surface area contributed by atoms with Crippen LogP contribution in [0.15, 0.2) is 10.8 Å². The van der Waals surface area contributed by atoms with Gasteiger partial charge < -0.3 is 4.52 Å². The van der Waals surface area contributed by atoms with Crippen LogP contribution in [0.1, 0.15) is 24.1 Å². The molecular formula is C10H14F2N2O. The van der Waals surface area contributed by atoms with Crippen molar-refractivity contribution in [2.45, 2.75) is 38.8 Å². The van der Waals surface area contributed by atoms with Crippen molar-refractivity contribution >= 4 is 0 Å². The maximum Gasteiger partial charge on any atom is 0.253 e. The molecule has 1 atom stereocenters. The molecule has 5 heteroatoms. The number of halogens is 2. The number of nitrogens with zero attached hydrogens (tertiary/aromatic N) is 2. The SMILES string of the molecule is Cc1nocc1CN1CCC[C@@H]1C(F)F. The molecule has 0 N–H and O–H groups in total. The Morgan fingerprint density at radius 3 is 3.07 bits per heavy atom. The normalized spacial score (nSPS) is 22.8. The van der Waals surface area contributed by atoms with Crippen LogP contribution in [0.5, 0.6) is 0 Å². The predicted molar refractivity (Wildman–Crippen MR) is 50.7 cm³/mol. The van der Waals surface area contributed by atoms with E-state index < -0.39 is 12.5 Å². The first kappa shape index (κ1) is 10.5. The number of rotatable bonds is 3. The van der Waals surface area contributed by atoms with Gasteiger partial charge in [-0.05, 0) is 26.3 Å². The third-order valence-electron chi connectivity index (χ3n) is 2.93. The lowest BCUT2D eigenvalue weighted by Crippen LogP contribution is -2.34. The maximum absolute atomic E-state index is 12.6. The van der Waals surface area contributed by atoms with Crippen molar-refractivity contribution in [3.05, 3.63) is 17.5 Å². The van der Waals surface area contributed by atoms with Gasteiger partial charge in [0.15, 0.2) is 0 Å². The molecule has 2 heterocycles. The third kappa shape index (κ3) is 2.17. The lowest BCUT2D eigenvalue weighted by atomic mass is 10.2. The molecule has 1 aromatic rings. The molecule has 3 nitrogen and oxygen atoms in total. The molecule has 1 saturated heterocycles. The zero-order chi connectivity index (χ0) is 10.8. The Morgan fingerprint density at radius 1 is 1.67 bits per heavy atom. The highest BCUT2D eigenvalue weighted by Gasteiger charge is 2.32. The van der Waals surface area contributed by atoms with E-state index in [1.165, 1.54) is 6.26 Å². The molecule has 1 fully saturated rings. The minimum Gasteiger partial charge on any atom is -0.364 e. The minimum atomic E-state index is -2.26. The number of likely N-dealkylation sites (tertiary alicyclic amines) is 1. The van der Waals surface area contributed by atoms with Crippen LogP contribution >= 0.6 is 0 Å². The van der Waals surface area contributed by atoms with E-state index in [9.17, 15) is 8.78 Å². The molecule has 1 aromatic heterocycles. The highest BCUT2D eigenvalue weighted by atomic mass is 19.3. The van der Waals surface area contributed by atoms with Crippen molar-refractivity contribution in [1.82, 2.24) is 10.1 Å². The Bertz CT molecular complexity index is 327. The van der Waals surface area contributed by atoms with Crippen molar-refractivity contribution in [3.8, 4) is 0 Å². The van der Waals surface area contributed by atoms with E-state index in [1.54, 1.807) is 0 Å². The van der Waals surface area contributed by atoms with E-state index in [0.29, 0.717) is 13.0 Å². The molecule has 0 bridgehead atoms. The fourth-order valence-electron chi connectivity index (χ4n) is 2.02. The molecule has 1 aliphatic heterocycles. The van der Waals surface area contributed by atoms with E-state index in [4.69, 9.17) is 4.52 Å². The first-order chi connectivity index (χ1) is 7.18. The van der Waals surface area contributed by atoms with E-state index in [-0.39, 0.29) is 0 Å². The number of aryl methyl sites for hydroxylation is 1. The summed E-state index contributed by atoms with van der Waals surface area (Å²) in [5.74, 6) is 0. The average Bonchev–Trinajstić information content (AvgIpc) is 2.77. The number of hydrogen-bond donors (Lipinski definition) is 0. The minimum absolute atomic E-state index is 0.518. The molecule has 0 aliphatic carbocycles. The van der Waals surface area contributed by atoms with Gasteiger partial charge in [0.2, 0.25) is 0 Å². The van der Waals surface area contributed by atoms with Crippen LogP contribution in [0, 0.1) is 6.92 Å². The monoisotopic (exact) mass is 216 g/mol. The first-order valence-electron chi connectivity index (χ1n) is 5.10. The zero-order valence-corrected chi connectivity index (χ0v) is 8.62. The summed E-state index contributed by atoms with van der Waals surface area (Å²) in [5.41, 5.74) is 1.69. The quantitative estimate of drug-likeness (QED) is 0.775. The number of hydrogen-bond acceptors (Lipinski definition) is 3. The van der Waals surface area contributed by atoms with Crippen molar-refractivity contribution in [3.63, 3.8) is 0 Å². The van der Waals surface area contributed by atoms with Crippen LogP contribution in [-0.4, -0.2) is 29.1 Å². The van der Waals surface area contributed by atoms with Gasteiger partial charge >= 0.3 is 0 Å². The lowest BCUT2D eigenvalue weighted by molar-refractivity contribution is 0.0439. The summed E-state index contributed by atoms with van der Waals surface area (Å²) in [6.07, 6.45) is 0.713. The highest BCUT2D eigenvalue weighted by molar-refractivity contribution is 5.12. The fourth-order valence-corrected chi connectivity index (χ4v) is 2.02. The average molecular weight is 216 g/mol. The Labute approximate surface area is 87.0 Å². The highest BCUT2D eigenvalue weighted by Crippen LogP contribution is 2.25. The van der Waals surface area contributed by atoms with Crippen molar-refractivity contribution in [2.24, 2.45) is 0 Å². The van der Waals surface area contributed by atoms with Gasteiger partial charge in [-0.2, -0.15) is 0 Å². The van der Waals surface area contributed by atoms with Gasteiger partial charge in [-0.15, -0.1) is 0 Å². The third-order valence-corrected chi connectivity index (χ3v) is 2.93. The van der Waals surface area contributed by atoms with Crippen LogP contribution < -0.4 is 0 Å². The fraction of sp³-hybridized carbons (Fsp3) is 0.700. The van der Waals surface area contributed by atoms with Crippen LogP contribution in [0.4, 0.5) is 8.78 Å². The van der Waals surface area contributed by atoms with E-state index in [0.717, 1.165) is 24.2 Å². The number of aromatic nitrogens is 1. The largest absolute Gasteiger partial charge is 0.364 e. The lowest BCUT2D eigenvalue weighted by Gasteiger charge is -2.22. The van der Waals surface area contributed by atoms with Gasteiger partial charge in [0, 0.05) is 12.1 Å². The molecule has 1 aliphatic rings. The molecule has 0 spiro atoms. The summed E-state index contributed by atoms with van der Waals surface area (Å²) in [7, 11) is 0. The van der Waals surface area contributed by atoms with Crippen molar-refractivity contribution in [1.29, 1.82) is 0 Å². The van der Waals surface area contributed by atoms with Gasteiger partial charge in [0.1, 0.15) is 6.26 Å². The molecule has 0 unspecified atom stereocenters. The van der Waals surface area contributed by atoms with E-state index in [2.05, 4.69) is 5.16 Å². The van der Waals surface area contributed by atoms with Crippen LogP contribution in [-0.2, 0) is 6.54 Å². The van der Waals surface area contributed by atoms with Gasteiger partial charge in [0.25, 0.3) is 6.43 Å². The smallest absolute Gasteiger partial charge is 0.253 e. The second-order valence-corrected chi connectivity index (χ2v) is 3.94. The van der Waals surface area contributed by atoms with Crippen LogP contribution in [0.25, 0.3) is 0 Å². The molecular weight excluding hydrogens is 202 g/mol. The topological polar surface area (TPSA) is 29.3 Å². The Hall–Kier alpha value is -0.970. The zero-order valence-electron chi connectivity index (χ0n) is 8.62. The molecule has 2 rings (SSSR count). The Morgan fingerprint density at radius 2 is 2.47 bits per heavy atom. The summed E-state index contributed by atoms with van der Waals surface area (Å²) in [6, 6.07) is -0.598. The standard InChI is InChI=1S/C10H14F2N2O/c1-7-8(6-15-13-7)5-14-4-2-3-9(14)10(11)12/h6,9-10H,2-5H2,1H3/t9-/m1/s1. The molecule has 84 valence electrons. The van der Waals surface area contributed by atoms with Gasteiger partial charge in [0.05, 0.1) is 11.7 Å². The molecule has 0 amide bonds. The van der Waals surface area contributed by atoms with Crippen molar-refractivity contribution in [2.75, 3.05) is 6.54 Å². The Kier molecular flexibility index (Phi) is 3.00. The summed E-state index contributed by atoms with van der Waals surface area (Å²) in [5, 5.41) is 3.74. The summed E-state index contributed by atoms with van der Waals surface area (Å²) >= 11 is 0. The second-order valence-electron chi connectivity index (χ2n) is 3.94. The van der Waals surface area contributed by atoms with E-state index in [1.807, 2.05) is 11.8 Å². The molecule has 15 heavy (non-hydrogen) atoms. The summed E-state index contributed by atoms with van der Waals surface area (Å²) in [6.45, 7) is 3.08. The summed E-state index contributed by atoms with van der Waals surface area (Å²) < 4.78 is 30.1. The van der Waals surface area contributed by atoms with Crippen LogP contribution in [0.3, 0.4) is 0 Å². The van der Waals surface area contributed by atoms with Gasteiger partial charge in [-0.1, -0.05) is 5.16 Å². The first-order valence-corrected chi connectivity index (χ1v) is 5.10. The molecule has 0 saturated carbocycles. The summed E-state index contributed by atoms with van der Waals surface area (Å²) in [4.78, 5) is 1.81. The number of alkyl halides is 2. The second kappa shape index (κ2) is 4.26. The molecule has 0 aromatic carbocycles. The maximum atomic E-state index is 12.6. The Balaban J connectivity index is 2.02. The van der Waals surface area contributed by atoms with Gasteiger partial charge in [-0.25, -0.2) is 8.78 Å². The van der Waals surface area contributed by atoms with Gasteiger partial charge in [-0.3, -0.25) is 4.90 Å².